The van der Waals surface area contributed by atoms with Crippen LogP contribution in [0.4, 0.5) is 0 Å². The number of carbonyl (C=O) groups is 1. The number of carbonyl (C=O) groups excluding carboxylic acids is 1. The molecule has 0 aromatic heterocycles. The number of benzene rings is 1. The van der Waals surface area contributed by atoms with E-state index in [1.165, 1.54) is 5.56 Å². The van der Waals surface area contributed by atoms with Gasteiger partial charge in [-0.25, -0.2) is 0 Å². The highest BCUT2D eigenvalue weighted by atomic mass is 32.2. The Morgan fingerprint density at radius 2 is 2.07 bits per heavy atom. The number of hydrogen-bond donors (Lipinski definition) is 0. The lowest BCUT2D eigenvalue weighted by Crippen LogP contribution is -1.92. The van der Waals surface area contributed by atoms with E-state index < -0.39 is 0 Å². The molecule has 0 heterocycles. The van der Waals surface area contributed by atoms with Gasteiger partial charge in [0.05, 0.1) is 5.75 Å². The first kappa shape index (κ1) is 11.1. The van der Waals surface area contributed by atoms with E-state index in [9.17, 15) is 4.79 Å². The van der Waals surface area contributed by atoms with E-state index >= 15 is 0 Å². The minimum Gasteiger partial charge on any atom is -0.299 e. The maximum atomic E-state index is 10.6. The summed E-state index contributed by atoms with van der Waals surface area (Å²) in [6.07, 6.45) is 4.16. The van der Waals surface area contributed by atoms with E-state index in [0.29, 0.717) is 5.75 Å². The van der Waals surface area contributed by atoms with E-state index in [2.05, 4.69) is 24.3 Å². The molecule has 0 spiro atoms. The van der Waals surface area contributed by atoms with Gasteiger partial charge in [-0.1, -0.05) is 42.5 Å². The predicted molar refractivity (Wildman–Crippen MR) is 63.5 cm³/mol. The molecule has 74 valence electrons. The standard InChI is InChI=1S/C12H14OS/c1-11(13)10-14-9-5-8-12-6-3-2-4-7-12/h2-8H,9-10H2,1H3/b8-5+. The van der Waals surface area contributed by atoms with Crippen molar-refractivity contribution in [1.82, 2.24) is 0 Å². The van der Waals surface area contributed by atoms with Crippen LogP contribution in [0, 0.1) is 0 Å². The fourth-order valence-electron chi connectivity index (χ4n) is 1.02. The molecule has 0 radical (unpaired) electrons. The zero-order valence-corrected chi connectivity index (χ0v) is 9.09. The van der Waals surface area contributed by atoms with Crippen LogP contribution in [0.25, 0.3) is 6.08 Å². The molecular formula is C12H14OS. The summed E-state index contributed by atoms with van der Waals surface area (Å²) < 4.78 is 0. The number of hydrogen-bond acceptors (Lipinski definition) is 2. The lowest BCUT2D eigenvalue weighted by Gasteiger charge is -1.93. The van der Waals surface area contributed by atoms with Gasteiger partial charge >= 0.3 is 0 Å². The number of rotatable bonds is 5. The zero-order chi connectivity index (χ0) is 10.2. The number of ketones is 1. The van der Waals surface area contributed by atoms with Gasteiger partial charge in [-0.2, -0.15) is 0 Å². The molecule has 1 nitrogen and oxygen atoms in total. The summed E-state index contributed by atoms with van der Waals surface area (Å²) in [4.78, 5) is 10.6. The Morgan fingerprint density at radius 1 is 1.36 bits per heavy atom. The third-order valence-corrected chi connectivity index (χ3v) is 2.67. The molecule has 0 fully saturated rings. The highest BCUT2D eigenvalue weighted by Gasteiger charge is 1.90. The first-order valence-electron chi connectivity index (χ1n) is 4.58. The van der Waals surface area contributed by atoms with Gasteiger partial charge in [0.25, 0.3) is 0 Å². The first-order chi connectivity index (χ1) is 6.79. The molecule has 1 aromatic carbocycles. The summed E-state index contributed by atoms with van der Waals surface area (Å²) in [6, 6.07) is 10.2. The average molecular weight is 206 g/mol. The van der Waals surface area contributed by atoms with Crippen molar-refractivity contribution in [1.29, 1.82) is 0 Å². The van der Waals surface area contributed by atoms with Gasteiger partial charge in [0.1, 0.15) is 5.78 Å². The Bertz CT molecular complexity index is 303. The number of Topliss-reactive ketones (excluding diaryl/α,β-unsaturated/α-hetero) is 1. The Balaban J connectivity index is 2.25. The van der Waals surface area contributed by atoms with E-state index in [1.807, 2.05) is 18.2 Å². The van der Waals surface area contributed by atoms with Crippen molar-refractivity contribution in [3.8, 4) is 0 Å². The van der Waals surface area contributed by atoms with Crippen molar-refractivity contribution in [2.45, 2.75) is 6.92 Å². The molecule has 0 saturated carbocycles. The zero-order valence-electron chi connectivity index (χ0n) is 8.27. The molecule has 0 aliphatic heterocycles. The molecule has 0 amide bonds. The van der Waals surface area contributed by atoms with Gasteiger partial charge in [-0.3, -0.25) is 4.79 Å². The SMILES string of the molecule is CC(=O)CSC/C=C/c1ccccc1. The van der Waals surface area contributed by atoms with Gasteiger partial charge in [0.15, 0.2) is 0 Å². The van der Waals surface area contributed by atoms with Crippen molar-refractivity contribution in [3.63, 3.8) is 0 Å². The molecule has 0 saturated heterocycles. The smallest absolute Gasteiger partial charge is 0.139 e. The maximum Gasteiger partial charge on any atom is 0.139 e. The fraction of sp³-hybridized carbons (Fsp3) is 0.250. The van der Waals surface area contributed by atoms with Gasteiger partial charge in [-0.15, -0.1) is 11.8 Å². The molecule has 0 bridgehead atoms. The summed E-state index contributed by atoms with van der Waals surface area (Å²) >= 11 is 1.64. The second-order valence-electron chi connectivity index (χ2n) is 3.03. The second kappa shape index (κ2) is 6.44. The molecule has 0 atom stereocenters. The minimum absolute atomic E-state index is 0.239. The third-order valence-electron chi connectivity index (χ3n) is 1.63. The van der Waals surface area contributed by atoms with Gasteiger partial charge in [-0.05, 0) is 12.5 Å². The minimum atomic E-state index is 0.239. The summed E-state index contributed by atoms with van der Waals surface area (Å²) in [5, 5.41) is 0. The Labute approximate surface area is 89.2 Å². The molecular weight excluding hydrogens is 192 g/mol. The highest BCUT2D eigenvalue weighted by Crippen LogP contribution is 2.04. The summed E-state index contributed by atoms with van der Waals surface area (Å²) in [7, 11) is 0. The van der Waals surface area contributed by atoms with Crippen LogP contribution in [-0.2, 0) is 4.79 Å². The molecule has 0 unspecified atom stereocenters. The van der Waals surface area contributed by atoms with E-state index in [4.69, 9.17) is 0 Å². The molecule has 0 N–H and O–H groups in total. The fourth-order valence-corrected chi connectivity index (χ4v) is 1.66. The second-order valence-corrected chi connectivity index (χ2v) is 4.06. The van der Waals surface area contributed by atoms with Crippen molar-refractivity contribution < 1.29 is 4.79 Å². The van der Waals surface area contributed by atoms with Crippen molar-refractivity contribution in [2.24, 2.45) is 0 Å². The van der Waals surface area contributed by atoms with E-state index in [-0.39, 0.29) is 5.78 Å². The van der Waals surface area contributed by atoms with Gasteiger partial charge in [0, 0.05) is 5.75 Å². The van der Waals surface area contributed by atoms with Crippen LogP contribution < -0.4 is 0 Å². The average Bonchev–Trinajstić information content (AvgIpc) is 2.18. The van der Waals surface area contributed by atoms with Crippen LogP contribution in [0.1, 0.15) is 12.5 Å². The topological polar surface area (TPSA) is 17.1 Å². The van der Waals surface area contributed by atoms with Crippen LogP contribution in [0.2, 0.25) is 0 Å². The first-order valence-corrected chi connectivity index (χ1v) is 5.73. The molecule has 14 heavy (non-hydrogen) atoms. The molecule has 1 rings (SSSR count). The summed E-state index contributed by atoms with van der Waals surface area (Å²) in [6.45, 7) is 1.62. The molecule has 1 aromatic rings. The summed E-state index contributed by atoms with van der Waals surface area (Å²) in [5.74, 6) is 1.75. The lowest BCUT2D eigenvalue weighted by atomic mass is 10.2. The predicted octanol–water partition coefficient (Wildman–Crippen LogP) is 3.02. The highest BCUT2D eigenvalue weighted by molar-refractivity contribution is 8.00. The van der Waals surface area contributed by atoms with E-state index in [0.717, 1.165) is 5.75 Å². The monoisotopic (exact) mass is 206 g/mol. The van der Waals surface area contributed by atoms with E-state index in [1.54, 1.807) is 18.7 Å². The molecule has 2 heteroatoms. The van der Waals surface area contributed by atoms with Crippen molar-refractivity contribution in [2.75, 3.05) is 11.5 Å². The third kappa shape index (κ3) is 4.87. The Kier molecular flexibility index (Phi) is 5.08. The Morgan fingerprint density at radius 3 is 2.71 bits per heavy atom. The van der Waals surface area contributed by atoms with Crippen LogP contribution >= 0.6 is 11.8 Å². The van der Waals surface area contributed by atoms with Crippen molar-refractivity contribution >= 4 is 23.6 Å². The van der Waals surface area contributed by atoms with Gasteiger partial charge in [0.2, 0.25) is 0 Å². The summed E-state index contributed by atoms with van der Waals surface area (Å²) in [5.41, 5.74) is 1.20. The largest absolute Gasteiger partial charge is 0.299 e. The normalized spacial score (nSPS) is 10.6. The van der Waals surface area contributed by atoms with Crippen molar-refractivity contribution in [3.05, 3.63) is 42.0 Å². The molecule has 0 aliphatic rings. The van der Waals surface area contributed by atoms with Crippen LogP contribution in [0.15, 0.2) is 36.4 Å². The van der Waals surface area contributed by atoms with Crippen LogP contribution in [-0.4, -0.2) is 17.3 Å². The lowest BCUT2D eigenvalue weighted by molar-refractivity contribution is -0.114. The van der Waals surface area contributed by atoms with Gasteiger partial charge < -0.3 is 0 Å². The van der Waals surface area contributed by atoms with Crippen LogP contribution in [0.3, 0.4) is 0 Å². The number of thioether (sulfide) groups is 1. The maximum absolute atomic E-state index is 10.6. The van der Waals surface area contributed by atoms with Crippen LogP contribution in [0.5, 0.6) is 0 Å². The molecule has 0 aliphatic carbocycles. The quantitative estimate of drug-likeness (QED) is 0.689. The Hall–Kier alpha value is -1.02.